The van der Waals surface area contributed by atoms with E-state index >= 15 is 0 Å². The molecule has 0 radical (unpaired) electrons. The van der Waals surface area contributed by atoms with E-state index < -0.39 is 0 Å². The van der Waals surface area contributed by atoms with Crippen LogP contribution in [-0.4, -0.2) is 61.9 Å². The van der Waals surface area contributed by atoms with Crippen LogP contribution in [0.15, 0.2) is 24.3 Å². The van der Waals surface area contributed by atoms with E-state index in [0.717, 1.165) is 52.2 Å². The van der Waals surface area contributed by atoms with Gasteiger partial charge in [0.1, 0.15) is 11.9 Å². The highest BCUT2D eigenvalue weighted by Gasteiger charge is 2.65. The molecular formula is C25H33FN2O3. The third-order valence-electron chi connectivity index (χ3n) is 9.10. The van der Waals surface area contributed by atoms with Gasteiger partial charge in [-0.05, 0) is 55.6 Å². The van der Waals surface area contributed by atoms with Crippen molar-refractivity contribution in [3.63, 3.8) is 0 Å². The standard InChI is InChI=1S/C25H33FN2O3/c1-24-7-4-8-25(16-30-25)22(24)13-17-18(23(29)31-21(17)14-24)15-27-9-11-28(12-10-27)20-6-3-2-5-19(20)26/h2-3,5-6,17-18,21-22H,4,7-16H2,1H3/t17-,18+,21+,22+,24+,25-/m0/s1. The average Bonchev–Trinajstić information content (AvgIpc) is 3.46. The van der Waals surface area contributed by atoms with Gasteiger partial charge < -0.3 is 14.4 Å². The van der Waals surface area contributed by atoms with Crippen molar-refractivity contribution in [3.8, 4) is 0 Å². The average molecular weight is 429 g/mol. The van der Waals surface area contributed by atoms with Gasteiger partial charge in [0, 0.05) is 38.6 Å². The minimum absolute atomic E-state index is 0.000421. The molecule has 0 amide bonds. The molecule has 1 aromatic carbocycles. The van der Waals surface area contributed by atoms with E-state index in [-0.39, 0.29) is 34.8 Å². The second-order valence-corrected chi connectivity index (χ2v) is 10.8. The highest BCUT2D eigenvalue weighted by atomic mass is 19.1. The van der Waals surface area contributed by atoms with Gasteiger partial charge in [0.25, 0.3) is 0 Å². The molecule has 5 aliphatic rings. The largest absolute Gasteiger partial charge is 0.462 e. The summed E-state index contributed by atoms with van der Waals surface area (Å²) in [5, 5.41) is 0. The van der Waals surface area contributed by atoms with Crippen LogP contribution in [0.25, 0.3) is 0 Å². The second kappa shape index (κ2) is 7.17. The fourth-order valence-corrected chi connectivity index (χ4v) is 7.32. The SMILES string of the molecule is C[C@]12CCC[C@]3(CO3)[C@@H]1C[C@@H]1[C@@H](C2)OC(=O)[C@@H]1CN1CCN(c2ccccc2F)CC1. The lowest BCUT2D eigenvalue weighted by atomic mass is 9.53. The van der Waals surface area contributed by atoms with E-state index in [1.165, 1.54) is 25.3 Å². The van der Waals surface area contributed by atoms with E-state index in [4.69, 9.17) is 9.47 Å². The van der Waals surface area contributed by atoms with Crippen molar-refractivity contribution < 1.29 is 18.7 Å². The molecule has 3 saturated heterocycles. The molecule has 31 heavy (non-hydrogen) atoms. The van der Waals surface area contributed by atoms with Crippen molar-refractivity contribution in [1.29, 1.82) is 0 Å². The summed E-state index contributed by atoms with van der Waals surface area (Å²) in [4.78, 5) is 17.4. The molecule has 0 unspecified atom stereocenters. The van der Waals surface area contributed by atoms with Crippen molar-refractivity contribution in [2.24, 2.45) is 23.2 Å². The fourth-order valence-electron chi connectivity index (χ4n) is 7.32. The van der Waals surface area contributed by atoms with Crippen molar-refractivity contribution >= 4 is 11.7 Å². The Labute approximate surface area is 183 Å². The molecule has 0 N–H and O–H groups in total. The van der Waals surface area contributed by atoms with Gasteiger partial charge in [0.05, 0.1) is 23.8 Å². The number of fused-ring (bicyclic) bond motifs is 3. The number of para-hydroxylation sites is 1. The number of carbonyl (C=O) groups is 1. The lowest BCUT2D eigenvalue weighted by molar-refractivity contribution is -0.147. The molecule has 1 aromatic rings. The van der Waals surface area contributed by atoms with Crippen LogP contribution in [0.2, 0.25) is 0 Å². The van der Waals surface area contributed by atoms with Crippen molar-refractivity contribution in [2.75, 3.05) is 44.2 Å². The third-order valence-corrected chi connectivity index (χ3v) is 9.10. The maximum Gasteiger partial charge on any atom is 0.310 e. The van der Waals surface area contributed by atoms with Crippen LogP contribution < -0.4 is 4.90 Å². The molecule has 6 atom stereocenters. The van der Waals surface area contributed by atoms with Gasteiger partial charge in [-0.3, -0.25) is 9.69 Å². The van der Waals surface area contributed by atoms with Gasteiger partial charge in [-0.25, -0.2) is 4.39 Å². The van der Waals surface area contributed by atoms with Crippen LogP contribution in [0.3, 0.4) is 0 Å². The number of piperazine rings is 1. The Morgan fingerprint density at radius 1 is 1.16 bits per heavy atom. The topological polar surface area (TPSA) is 45.3 Å². The van der Waals surface area contributed by atoms with Gasteiger partial charge in [-0.15, -0.1) is 0 Å². The number of halogens is 1. The molecule has 6 rings (SSSR count). The Bertz CT molecular complexity index is 866. The lowest BCUT2D eigenvalue weighted by Crippen LogP contribution is -2.52. The quantitative estimate of drug-likeness (QED) is 0.545. The minimum Gasteiger partial charge on any atom is -0.462 e. The van der Waals surface area contributed by atoms with Crippen molar-refractivity contribution in [1.82, 2.24) is 4.90 Å². The van der Waals surface area contributed by atoms with E-state index in [1.807, 2.05) is 12.1 Å². The Hall–Kier alpha value is -1.66. The van der Waals surface area contributed by atoms with Crippen LogP contribution in [0.5, 0.6) is 0 Å². The number of ether oxygens (including phenoxy) is 2. The first kappa shape index (κ1) is 20.0. The Kier molecular flexibility index (Phi) is 4.62. The number of nitrogens with zero attached hydrogens (tertiary/aromatic N) is 2. The molecule has 0 aromatic heterocycles. The zero-order chi connectivity index (χ0) is 21.2. The molecule has 3 aliphatic heterocycles. The van der Waals surface area contributed by atoms with Gasteiger partial charge in [0.2, 0.25) is 0 Å². The van der Waals surface area contributed by atoms with Crippen molar-refractivity contribution in [2.45, 2.75) is 50.7 Å². The summed E-state index contributed by atoms with van der Waals surface area (Å²) >= 11 is 0. The highest BCUT2D eigenvalue weighted by molar-refractivity contribution is 5.75. The number of hydrogen-bond donors (Lipinski definition) is 0. The molecule has 5 fully saturated rings. The monoisotopic (exact) mass is 428 g/mol. The number of benzene rings is 1. The summed E-state index contributed by atoms with van der Waals surface area (Å²) in [6.45, 7) is 7.35. The number of epoxide rings is 1. The molecule has 168 valence electrons. The number of esters is 1. The molecule has 2 aliphatic carbocycles. The molecule has 1 spiro atoms. The Morgan fingerprint density at radius 3 is 2.68 bits per heavy atom. The van der Waals surface area contributed by atoms with Crippen molar-refractivity contribution in [3.05, 3.63) is 30.1 Å². The summed E-state index contributed by atoms with van der Waals surface area (Å²) in [5.74, 6) is 0.679. The van der Waals surface area contributed by atoms with Crippen LogP contribution in [0, 0.1) is 29.0 Å². The van der Waals surface area contributed by atoms with Gasteiger partial charge in [0.15, 0.2) is 0 Å². The molecular weight excluding hydrogens is 395 g/mol. The van der Waals surface area contributed by atoms with Gasteiger partial charge in [-0.2, -0.15) is 0 Å². The predicted molar refractivity (Wildman–Crippen MR) is 115 cm³/mol. The zero-order valence-corrected chi connectivity index (χ0v) is 18.4. The first-order valence-corrected chi connectivity index (χ1v) is 12.0. The summed E-state index contributed by atoms with van der Waals surface area (Å²) < 4.78 is 26.1. The molecule has 3 heterocycles. The Balaban J connectivity index is 1.12. The van der Waals surface area contributed by atoms with Gasteiger partial charge >= 0.3 is 5.97 Å². The van der Waals surface area contributed by atoms with E-state index in [2.05, 4.69) is 16.7 Å². The highest BCUT2D eigenvalue weighted by Crippen LogP contribution is 2.62. The third kappa shape index (κ3) is 3.29. The fraction of sp³-hybridized carbons (Fsp3) is 0.720. The number of carbonyl (C=O) groups excluding carboxylic acids is 1. The van der Waals surface area contributed by atoms with Gasteiger partial charge in [-0.1, -0.05) is 19.1 Å². The van der Waals surface area contributed by atoms with Crippen LogP contribution in [-0.2, 0) is 14.3 Å². The summed E-state index contributed by atoms with van der Waals surface area (Å²) in [6, 6.07) is 6.99. The summed E-state index contributed by atoms with van der Waals surface area (Å²) in [6.07, 6.45) is 5.78. The van der Waals surface area contributed by atoms with Crippen LogP contribution in [0.1, 0.15) is 39.0 Å². The maximum absolute atomic E-state index is 14.1. The predicted octanol–water partition coefficient (Wildman–Crippen LogP) is 3.47. The molecule has 5 nitrogen and oxygen atoms in total. The summed E-state index contributed by atoms with van der Waals surface area (Å²) in [5.41, 5.74) is 1.02. The lowest BCUT2D eigenvalue weighted by Gasteiger charge is -2.51. The van der Waals surface area contributed by atoms with E-state index in [1.54, 1.807) is 6.07 Å². The van der Waals surface area contributed by atoms with Crippen LogP contribution in [0.4, 0.5) is 10.1 Å². The normalized spacial score (nSPS) is 42.3. The summed E-state index contributed by atoms with van der Waals surface area (Å²) in [7, 11) is 0. The smallest absolute Gasteiger partial charge is 0.310 e. The molecule has 6 heteroatoms. The number of hydrogen-bond acceptors (Lipinski definition) is 5. The Morgan fingerprint density at radius 2 is 1.94 bits per heavy atom. The van der Waals surface area contributed by atoms with E-state index in [0.29, 0.717) is 17.5 Å². The first-order valence-electron chi connectivity index (χ1n) is 12.0. The minimum atomic E-state index is -0.160. The zero-order valence-electron chi connectivity index (χ0n) is 18.4. The first-order chi connectivity index (χ1) is 15.0. The van der Waals surface area contributed by atoms with Crippen LogP contribution >= 0.6 is 0 Å². The maximum atomic E-state index is 14.1. The number of anilines is 1. The number of rotatable bonds is 3. The second-order valence-electron chi connectivity index (χ2n) is 10.8. The molecule has 2 saturated carbocycles. The molecule has 0 bridgehead atoms. The van der Waals surface area contributed by atoms with E-state index in [9.17, 15) is 9.18 Å².